The maximum absolute atomic E-state index is 6.12. The van der Waals surface area contributed by atoms with Crippen molar-refractivity contribution in [1.82, 2.24) is 0 Å². The van der Waals surface area contributed by atoms with Crippen LogP contribution in [0, 0.1) is 62.6 Å². The first-order valence-corrected chi connectivity index (χ1v) is 18.5. The minimum atomic E-state index is -0.108. The van der Waals surface area contributed by atoms with Crippen LogP contribution in [0.5, 0.6) is 0 Å². The number of benzene rings is 1. The molecule has 1 heteroatoms. The zero-order valence-corrected chi connectivity index (χ0v) is 30.4. The number of methoxy groups -OCH3 is 1. The molecule has 1 nitrogen and oxygen atoms in total. The maximum atomic E-state index is 6.12. The van der Waals surface area contributed by atoms with Gasteiger partial charge in [-0.05, 0) is 116 Å². The molecule has 10 aliphatic rings. The van der Waals surface area contributed by atoms with E-state index in [1.807, 2.05) is 7.11 Å². The fourth-order valence-corrected chi connectivity index (χ4v) is 13.2. The highest BCUT2D eigenvalue weighted by Crippen LogP contribution is 2.78. The van der Waals surface area contributed by atoms with E-state index in [0.29, 0.717) is 34.5 Å². The molecule has 8 atom stereocenters. The molecule has 0 saturated heterocycles. The first-order valence-electron chi connectivity index (χ1n) is 18.5. The van der Waals surface area contributed by atoms with Crippen LogP contribution in [0.4, 0.5) is 0 Å². The SMILES string of the molecule is COC1=CC=CC(C=Cc2ccccc2)(C2C3CC(=C(C)C2C2(C4CC5CC(=C4C)C5(C)C)CC4CC(=C2C)C4(C)C)C3(C)C)C1. The van der Waals surface area contributed by atoms with Crippen molar-refractivity contribution in [1.29, 1.82) is 0 Å². The lowest BCUT2D eigenvalue weighted by Gasteiger charge is -2.72. The van der Waals surface area contributed by atoms with E-state index < -0.39 is 0 Å². The summed E-state index contributed by atoms with van der Waals surface area (Å²) in [5.74, 6) is 5.07. The maximum Gasteiger partial charge on any atom is 0.0967 e. The number of ether oxygens (including phenoxy) is 1. The Balaban J connectivity index is 1.38. The standard InChI is InChI=1S/C45H58O/c1-27-34-21-31(41(34,4)5)22-36(27)45(25-32-23-37(29(45)3)42(32,6)7)39-28(2)35-24-38(43(35,8)9)40(39)44(19-14-17-33(26-44)46-10)20-18-30-15-12-11-13-16-30/h11-20,31-32,36,38-40H,21-26H2,1-10H3. The average Bonchev–Trinajstić information content (AvgIpc) is 3.03. The van der Waals surface area contributed by atoms with E-state index >= 15 is 0 Å². The molecule has 46 heavy (non-hydrogen) atoms. The molecule has 0 aliphatic heterocycles. The van der Waals surface area contributed by atoms with Crippen molar-refractivity contribution in [2.75, 3.05) is 7.11 Å². The monoisotopic (exact) mass is 614 g/mol. The van der Waals surface area contributed by atoms with Crippen molar-refractivity contribution < 1.29 is 4.74 Å². The van der Waals surface area contributed by atoms with Gasteiger partial charge in [0.1, 0.15) is 0 Å². The van der Waals surface area contributed by atoms with Gasteiger partial charge < -0.3 is 4.74 Å². The topological polar surface area (TPSA) is 9.23 Å². The van der Waals surface area contributed by atoms with Crippen molar-refractivity contribution in [2.24, 2.45) is 62.6 Å². The molecule has 1 aromatic carbocycles. The summed E-state index contributed by atoms with van der Waals surface area (Å²) in [6, 6.07) is 11.0. The Morgan fingerprint density at radius 3 is 2.07 bits per heavy atom. The zero-order chi connectivity index (χ0) is 32.6. The number of allylic oxidation sites excluding steroid dienone is 11. The van der Waals surface area contributed by atoms with Crippen molar-refractivity contribution in [3.63, 3.8) is 0 Å². The average molecular weight is 615 g/mol. The molecule has 3 fully saturated rings. The lowest BCUT2D eigenvalue weighted by Crippen LogP contribution is -2.64. The Labute approximate surface area is 280 Å². The Bertz CT molecular complexity index is 1670. The summed E-state index contributed by atoms with van der Waals surface area (Å²) in [7, 11) is 1.88. The molecule has 0 radical (unpaired) electrons. The summed E-state index contributed by atoms with van der Waals surface area (Å²) in [5, 5.41) is 0. The van der Waals surface area contributed by atoms with Gasteiger partial charge in [0.15, 0.2) is 0 Å². The molecule has 0 aromatic heterocycles. The zero-order valence-electron chi connectivity index (χ0n) is 30.4. The van der Waals surface area contributed by atoms with Crippen LogP contribution in [0.3, 0.4) is 0 Å². The largest absolute Gasteiger partial charge is 0.501 e. The second-order valence-corrected chi connectivity index (χ2v) is 18.5. The Hall–Kier alpha value is -2.54. The predicted octanol–water partition coefficient (Wildman–Crippen LogP) is 11.9. The highest BCUT2D eigenvalue weighted by atomic mass is 16.5. The fourth-order valence-electron chi connectivity index (χ4n) is 13.2. The number of hydrogen-bond donors (Lipinski definition) is 0. The third-order valence-electron chi connectivity index (χ3n) is 16.2. The summed E-state index contributed by atoms with van der Waals surface area (Å²) < 4.78 is 6.12. The van der Waals surface area contributed by atoms with Gasteiger partial charge in [-0.2, -0.15) is 0 Å². The van der Waals surface area contributed by atoms with E-state index in [-0.39, 0.29) is 16.2 Å². The second-order valence-electron chi connectivity index (χ2n) is 18.5. The van der Waals surface area contributed by atoms with Crippen LogP contribution in [0.25, 0.3) is 6.08 Å². The molecule has 8 unspecified atom stereocenters. The fraction of sp³-hybridized carbons (Fsp3) is 0.600. The van der Waals surface area contributed by atoms with Crippen LogP contribution in [0.15, 0.2) is 93.8 Å². The van der Waals surface area contributed by atoms with Crippen LogP contribution in [-0.2, 0) is 4.74 Å². The summed E-state index contributed by atoms with van der Waals surface area (Å²) in [6.45, 7) is 23.1. The van der Waals surface area contributed by atoms with Gasteiger partial charge in [-0.25, -0.2) is 0 Å². The Morgan fingerprint density at radius 2 is 1.46 bits per heavy atom. The molecular weight excluding hydrogens is 556 g/mol. The van der Waals surface area contributed by atoms with E-state index in [0.717, 1.165) is 24.0 Å². The van der Waals surface area contributed by atoms with Crippen LogP contribution >= 0.6 is 0 Å². The first-order chi connectivity index (χ1) is 21.7. The normalized spacial score (nSPS) is 41.1. The quantitative estimate of drug-likeness (QED) is 0.290. The summed E-state index contributed by atoms with van der Waals surface area (Å²) >= 11 is 0. The highest BCUT2D eigenvalue weighted by molar-refractivity contribution is 5.54. The van der Waals surface area contributed by atoms with Crippen molar-refractivity contribution in [2.45, 2.75) is 101 Å². The van der Waals surface area contributed by atoms with Gasteiger partial charge in [0.25, 0.3) is 0 Å². The summed E-state index contributed by atoms with van der Waals surface area (Å²) in [4.78, 5) is 0. The van der Waals surface area contributed by atoms with Crippen molar-refractivity contribution in [3.05, 3.63) is 99.4 Å². The minimum absolute atomic E-state index is 0.108. The van der Waals surface area contributed by atoms with Gasteiger partial charge in [-0.3, -0.25) is 0 Å². The van der Waals surface area contributed by atoms with Gasteiger partial charge in [-0.15, -0.1) is 0 Å². The van der Waals surface area contributed by atoms with Gasteiger partial charge >= 0.3 is 0 Å². The van der Waals surface area contributed by atoms with E-state index in [4.69, 9.17) is 4.74 Å². The lowest BCUT2D eigenvalue weighted by molar-refractivity contribution is -0.0966. The molecule has 0 N–H and O–H groups in total. The molecule has 6 bridgehead atoms. The van der Waals surface area contributed by atoms with E-state index in [1.54, 1.807) is 33.4 Å². The molecular formula is C45H58O. The van der Waals surface area contributed by atoms with E-state index in [2.05, 4.69) is 123 Å². The van der Waals surface area contributed by atoms with Gasteiger partial charge in [-0.1, -0.05) is 130 Å². The smallest absolute Gasteiger partial charge is 0.0967 e. The highest BCUT2D eigenvalue weighted by Gasteiger charge is 2.69. The van der Waals surface area contributed by atoms with Crippen LogP contribution in [0.1, 0.15) is 106 Å². The Morgan fingerprint density at radius 1 is 0.783 bits per heavy atom. The molecule has 0 spiro atoms. The molecule has 3 saturated carbocycles. The molecule has 244 valence electrons. The predicted molar refractivity (Wildman–Crippen MR) is 193 cm³/mol. The minimum Gasteiger partial charge on any atom is -0.501 e. The molecule has 10 aliphatic carbocycles. The number of fused-ring (bicyclic) bond motifs is 8. The van der Waals surface area contributed by atoms with E-state index in [9.17, 15) is 0 Å². The van der Waals surface area contributed by atoms with E-state index in [1.165, 1.54) is 37.7 Å². The lowest BCUT2D eigenvalue weighted by atomic mass is 9.32. The van der Waals surface area contributed by atoms with Crippen LogP contribution < -0.4 is 0 Å². The first kappa shape index (κ1) is 30.8. The second kappa shape index (κ2) is 9.76. The Kier molecular flexibility index (Phi) is 6.53. The third kappa shape index (κ3) is 3.75. The van der Waals surface area contributed by atoms with Gasteiger partial charge in [0.2, 0.25) is 0 Å². The summed E-state index contributed by atoms with van der Waals surface area (Å²) in [6.07, 6.45) is 19.8. The number of hydrogen-bond acceptors (Lipinski definition) is 1. The molecule has 11 rings (SSSR count). The third-order valence-corrected chi connectivity index (χ3v) is 16.2. The molecule has 1 aromatic rings. The number of rotatable bonds is 6. The van der Waals surface area contributed by atoms with Crippen LogP contribution in [-0.4, -0.2) is 7.11 Å². The van der Waals surface area contributed by atoms with Crippen molar-refractivity contribution in [3.8, 4) is 0 Å². The summed E-state index contributed by atoms with van der Waals surface area (Å²) in [5.41, 5.74) is 13.0. The molecule has 0 amide bonds. The van der Waals surface area contributed by atoms with Gasteiger partial charge in [0.05, 0.1) is 12.9 Å². The van der Waals surface area contributed by atoms with Gasteiger partial charge in [0, 0.05) is 17.3 Å². The van der Waals surface area contributed by atoms with Crippen molar-refractivity contribution >= 4 is 6.08 Å². The van der Waals surface area contributed by atoms with Crippen LogP contribution in [0.2, 0.25) is 0 Å². The molecule has 0 heterocycles.